The number of pyridine rings is 1. The maximum atomic E-state index is 12.7. The maximum absolute atomic E-state index is 12.7. The molecule has 1 aliphatic heterocycles. The zero-order valence-corrected chi connectivity index (χ0v) is 18.3. The summed E-state index contributed by atoms with van der Waals surface area (Å²) in [5.74, 6) is -0.427. The average molecular weight is 432 g/mol. The molecule has 0 aliphatic carbocycles. The van der Waals surface area contributed by atoms with E-state index in [0.717, 1.165) is 44.3 Å². The number of anilines is 2. The topological polar surface area (TPSA) is 99.6 Å². The Balaban J connectivity index is 1.85. The zero-order valence-electron chi connectivity index (χ0n) is 17.5. The largest absolute Gasteiger partial charge is 0.478 e. The number of nitrogens with zero attached hydrogens (tertiary/aromatic N) is 2. The predicted molar refractivity (Wildman–Crippen MR) is 118 cm³/mol. The molecule has 2 aromatic rings. The lowest BCUT2D eigenvalue weighted by Crippen LogP contribution is -2.29. The van der Waals surface area contributed by atoms with Crippen molar-refractivity contribution in [1.82, 2.24) is 4.98 Å². The molecule has 1 saturated heterocycles. The van der Waals surface area contributed by atoms with Crippen LogP contribution in [-0.2, 0) is 10.0 Å². The van der Waals surface area contributed by atoms with Crippen molar-refractivity contribution in [2.45, 2.75) is 56.8 Å². The number of rotatable bonds is 6. The molecule has 0 saturated carbocycles. The second-order valence-electron chi connectivity index (χ2n) is 7.98. The van der Waals surface area contributed by atoms with Crippen molar-refractivity contribution in [3.05, 3.63) is 47.7 Å². The van der Waals surface area contributed by atoms with E-state index in [1.807, 2.05) is 18.7 Å². The van der Waals surface area contributed by atoms with Gasteiger partial charge in [0, 0.05) is 13.1 Å². The van der Waals surface area contributed by atoms with Crippen molar-refractivity contribution in [3.8, 4) is 0 Å². The number of carbonyl (C=O) groups is 1. The van der Waals surface area contributed by atoms with E-state index in [-0.39, 0.29) is 16.1 Å². The lowest BCUT2D eigenvalue weighted by molar-refractivity contribution is 0.0697. The number of nitrogens with one attached hydrogen (secondary N) is 1. The monoisotopic (exact) mass is 431 g/mol. The summed E-state index contributed by atoms with van der Waals surface area (Å²) in [6.07, 6.45) is 6.80. The van der Waals surface area contributed by atoms with Crippen LogP contribution >= 0.6 is 0 Å². The minimum atomic E-state index is -3.84. The van der Waals surface area contributed by atoms with Crippen molar-refractivity contribution in [2.24, 2.45) is 0 Å². The Morgan fingerprint density at radius 2 is 1.67 bits per heavy atom. The van der Waals surface area contributed by atoms with Crippen LogP contribution in [-0.4, -0.2) is 37.6 Å². The second-order valence-corrected chi connectivity index (χ2v) is 9.67. The Kier molecular flexibility index (Phi) is 6.97. The minimum Gasteiger partial charge on any atom is -0.478 e. The highest BCUT2D eigenvalue weighted by atomic mass is 32.2. The molecule has 0 atom stereocenters. The van der Waals surface area contributed by atoms with Gasteiger partial charge in [-0.3, -0.25) is 4.72 Å². The van der Waals surface area contributed by atoms with Gasteiger partial charge >= 0.3 is 5.97 Å². The Hall–Kier alpha value is -2.61. The molecule has 30 heavy (non-hydrogen) atoms. The van der Waals surface area contributed by atoms with Crippen LogP contribution in [0, 0.1) is 0 Å². The summed E-state index contributed by atoms with van der Waals surface area (Å²) in [5, 5.41) is 9.70. The van der Waals surface area contributed by atoms with E-state index in [1.165, 1.54) is 18.7 Å². The van der Waals surface area contributed by atoms with Crippen LogP contribution in [0.5, 0.6) is 0 Å². The zero-order chi connectivity index (χ0) is 21.7. The average Bonchev–Trinajstić information content (AvgIpc) is 2.68. The van der Waals surface area contributed by atoms with Crippen molar-refractivity contribution < 1.29 is 18.3 Å². The van der Waals surface area contributed by atoms with Gasteiger partial charge in [0.05, 0.1) is 16.8 Å². The number of aromatic carboxylic acids is 1. The molecule has 3 rings (SSSR count). The standard InChI is InChI=1S/C22H29N3O4S/c1-16(2)17-8-10-19(11-9-17)30(28,29)24-18-14-20(22(26)27)21(23-15-18)25-12-6-4-3-5-7-13-25/h8-11,14-16,24H,3-7,12-13H2,1-2H3,(H,26,27). The van der Waals surface area contributed by atoms with Gasteiger partial charge < -0.3 is 10.0 Å². The first-order chi connectivity index (χ1) is 14.3. The van der Waals surface area contributed by atoms with Crippen LogP contribution in [0.25, 0.3) is 0 Å². The van der Waals surface area contributed by atoms with Gasteiger partial charge in [-0.1, -0.05) is 45.2 Å². The van der Waals surface area contributed by atoms with E-state index in [1.54, 1.807) is 24.3 Å². The highest BCUT2D eigenvalue weighted by molar-refractivity contribution is 7.92. The fourth-order valence-electron chi connectivity index (χ4n) is 3.63. The molecule has 0 radical (unpaired) electrons. The van der Waals surface area contributed by atoms with Crippen LogP contribution < -0.4 is 9.62 Å². The Labute approximate surface area is 178 Å². The first-order valence-corrected chi connectivity index (χ1v) is 11.9. The minimum absolute atomic E-state index is 0.00549. The maximum Gasteiger partial charge on any atom is 0.339 e. The summed E-state index contributed by atoms with van der Waals surface area (Å²) >= 11 is 0. The van der Waals surface area contributed by atoms with Crippen molar-refractivity contribution in [3.63, 3.8) is 0 Å². The third-order valence-electron chi connectivity index (χ3n) is 5.36. The van der Waals surface area contributed by atoms with Gasteiger partial charge in [0.15, 0.2) is 0 Å². The fourth-order valence-corrected chi connectivity index (χ4v) is 4.66. The number of aromatic nitrogens is 1. The first kappa shape index (κ1) is 22.1. The van der Waals surface area contributed by atoms with Crippen molar-refractivity contribution >= 4 is 27.5 Å². The van der Waals surface area contributed by atoms with Crippen LogP contribution in [0.4, 0.5) is 11.5 Å². The highest BCUT2D eigenvalue weighted by Crippen LogP contribution is 2.26. The molecule has 162 valence electrons. The van der Waals surface area contributed by atoms with Crippen LogP contribution in [0.1, 0.15) is 67.8 Å². The summed E-state index contributed by atoms with van der Waals surface area (Å²) in [6, 6.07) is 8.02. The van der Waals surface area contributed by atoms with Crippen LogP contribution in [0.3, 0.4) is 0 Å². The number of hydrogen-bond donors (Lipinski definition) is 2. The fraction of sp³-hybridized carbons (Fsp3) is 0.455. The lowest BCUT2D eigenvalue weighted by Gasteiger charge is -2.27. The molecule has 2 heterocycles. The first-order valence-electron chi connectivity index (χ1n) is 10.4. The Bertz CT molecular complexity index is 980. The summed E-state index contributed by atoms with van der Waals surface area (Å²) in [7, 11) is -3.84. The van der Waals surface area contributed by atoms with Crippen LogP contribution in [0.2, 0.25) is 0 Å². The van der Waals surface area contributed by atoms with Crippen LogP contribution in [0.15, 0.2) is 41.4 Å². The number of sulfonamides is 1. The van der Waals surface area contributed by atoms with Gasteiger partial charge in [0.1, 0.15) is 11.4 Å². The molecule has 7 nitrogen and oxygen atoms in total. The molecule has 0 bridgehead atoms. The van der Waals surface area contributed by atoms with E-state index in [0.29, 0.717) is 11.7 Å². The van der Waals surface area contributed by atoms with E-state index in [4.69, 9.17) is 0 Å². The van der Waals surface area contributed by atoms with Crippen molar-refractivity contribution in [1.29, 1.82) is 0 Å². The summed E-state index contributed by atoms with van der Waals surface area (Å²) in [5.41, 5.74) is 1.18. The Morgan fingerprint density at radius 1 is 1.07 bits per heavy atom. The molecule has 1 aromatic carbocycles. The second kappa shape index (κ2) is 9.47. The predicted octanol–water partition coefficient (Wildman–Crippen LogP) is 4.47. The third kappa shape index (κ3) is 5.30. The number of carboxylic acids is 1. The van der Waals surface area contributed by atoms with Gasteiger partial charge in [0.25, 0.3) is 10.0 Å². The lowest BCUT2D eigenvalue weighted by atomic mass is 10.0. The van der Waals surface area contributed by atoms with Gasteiger partial charge in [-0.2, -0.15) is 0 Å². The van der Waals surface area contributed by atoms with Gasteiger partial charge in [-0.25, -0.2) is 18.2 Å². The number of benzene rings is 1. The molecular formula is C22H29N3O4S. The van der Waals surface area contributed by atoms with Gasteiger partial charge in [-0.15, -0.1) is 0 Å². The molecule has 1 aromatic heterocycles. The number of carboxylic acid groups (broad SMARTS) is 1. The third-order valence-corrected chi connectivity index (χ3v) is 6.76. The molecule has 2 N–H and O–H groups in total. The summed E-state index contributed by atoms with van der Waals surface area (Å²) < 4.78 is 27.9. The van der Waals surface area contributed by atoms with Gasteiger partial charge in [0.2, 0.25) is 0 Å². The van der Waals surface area contributed by atoms with Crippen molar-refractivity contribution in [2.75, 3.05) is 22.7 Å². The summed E-state index contributed by atoms with van der Waals surface area (Å²) in [6.45, 7) is 5.57. The van der Waals surface area contributed by atoms with E-state index < -0.39 is 16.0 Å². The quantitative estimate of drug-likeness (QED) is 0.700. The van der Waals surface area contributed by atoms with E-state index in [2.05, 4.69) is 9.71 Å². The molecule has 0 amide bonds. The van der Waals surface area contributed by atoms with E-state index >= 15 is 0 Å². The highest BCUT2D eigenvalue weighted by Gasteiger charge is 2.21. The van der Waals surface area contributed by atoms with Gasteiger partial charge in [-0.05, 0) is 42.5 Å². The summed E-state index contributed by atoms with van der Waals surface area (Å²) in [4.78, 5) is 18.3. The molecular weight excluding hydrogens is 402 g/mol. The smallest absolute Gasteiger partial charge is 0.339 e. The molecule has 1 aliphatic rings. The molecule has 0 spiro atoms. The number of hydrogen-bond acceptors (Lipinski definition) is 5. The SMILES string of the molecule is CC(C)c1ccc(S(=O)(=O)Nc2cnc(N3CCCCCCC3)c(C(=O)O)c2)cc1. The molecule has 8 heteroatoms. The van der Waals surface area contributed by atoms with E-state index in [9.17, 15) is 18.3 Å². The normalized spacial score (nSPS) is 15.5. The molecule has 0 unspecified atom stereocenters. The Morgan fingerprint density at radius 3 is 2.23 bits per heavy atom. The molecule has 1 fully saturated rings.